The number of rotatable bonds is 1. The molecular weight excluding hydrogens is 254 g/mol. The molecule has 98 valence electrons. The minimum atomic E-state index is 0.436. The van der Waals surface area contributed by atoms with Gasteiger partial charge < -0.3 is 0 Å². The van der Waals surface area contributed by atoms with E-state index >= 15 is 0 Å². The fraction of sp³-hybridized carbons (Fsp3) is 0.0500. The maximum atomic E-state index is 9.26. The summed E-state index contributed by atoms with van der Waals surface area (Å²) in [5.74, 6) is 0. The van der Waals surface area contributed by atoms with Gasteiger partial charge in [-0.3, -0.25) is 0 Å². The monoisotopic (exact) mass is 267 g/mol. The fourth-order valence-electron chi connectivity index (χ4n) is 3.21. The first-order valence-corrected chi connectivity index (χ1v) is 7.07. The molecule has 0 heterocycles. The second-order valence-electron chi connectivity index (χ2n) is 5.30. The molecule has 0 spiro atoms. The highest BCUT2D eigenvalue weighted by molar-refractivity contribution is 6.14. The van der Waals surface area contributed by atoms with Crippen molar-refractivity contribution in [2.45, 2.75) is 6.42 Å². The molecule has 0 aliphatic heterocycles. The zero-order valence-corrected chi connectivity index (χ0v) is 11.5. The van der Waals surface area contributed by atoms with Gasteiger partial charge in [-0.1, -0.05) is 60.7 Å². The van der Waals surface area contributed by atoms with Crippen molar-refractivity contribution in [3.63, 3.8) is 0 Å². The molecule has 0 bridgehead atoms. The van der Waals surface area contributed by atoms with Gasteiger partial charge in [-0.15, -0.1) is 0 Å². The summed E-state index contributed by atoms with van der Waals surface area (Å²) in [7, 11) is 0. The van der Waals surface area contributed by atoms with Crippen LogP contribution in [0.25, 0.3) is 32.3 Å². The molecule has 0 fully saturated rings. The number of benzene rings is 4. The lowest BCUT2D eigenvalue weighted by Crippen LogP contribution is -1.90. The van der Waals surface area contributed by atoms with Gasteiger partial charge >= 0.3 is 0 Å². The van der Waals surface area contributed by atoms with Gasteiger partial charge in [0.15, 0.2) is 0 Å². The molecule has 0 aliphatic carbocycles. The zero-order valence-electron chi connectivity index (χ0n) is 11.5. The Morgan fingerprint density at radius 3 is 2.19 bits per heavy atom. The second-order valence-corrected chi connectivity index (χ2v) is 5.30. The van der Waals surface area contributed by atoms with E-state index in [-0.39, 0.29) is 0 Å². The average molecular weight is 267 g/mol. The Labute approximate surface area is 123 Å². The van der Waals surface area contributed by atoms with Gasteiger partial charge in [0.25, 0.3) is 0 Å². The molecule has 1 heteroatoms. The van der Waals surface area contributed by atoms with Crippen molar-refractivity contribution >= 4 is 32.3 Å². The van der Waals surface area contributed by atoms with E-state index in [1.54, 1.807) is 0 Å². The van der Waals surface area contributed by atoms with Gasteiger partial charge in [-0.25, -0.2) is 0 Å². The SMILES string of the molecule is N#CCc1c2ccccc2cc2ccc3ccccc3c12. The van der Waals surface area contributed by atoms with Crippen LogP contribution in [0.2, 0.25) is 0 Å². The van der Waals surface area contributed by atoms with Crippen molar-refractivity contribution in [1.29, 1.82) is 5.26 Å². The maximum absolute atomic E-state index is 9.26. The second kappa shape index (κ2) is 4.61. The van der Waals surface area contributed by atoms with Crippen molar-refractivity contribution in [3.05, 3.63) is 72.3 Å². The molecule has 0 aliphatic rings. The number of hydrogen-bond donors (Lipinski definition) is 0. The van der Waals surface area contributed by atoms with Crippen molar-refractivity contribution in [2.75, 3.05) is 0 Å². The van der Waals surface area contributed by atoms with Crippen molar-refractivity contribution in [2.24, 2.45) is 0 Å². The van der Waals surface area contributed by atoms with E-state index in [1.165, 1.54) is 32.3 Å². The largest absolute Gasteiger partial charge is 0.198 e. The molecule has 0 unspecified atom stereocenters. The lowest BCUT2D eigenvalue weighted by Gasteiger charge is -2.11. The van der Waals surface area contributed by atoms with Crippen LogP contribution in [0.5, 0.6) is 0 Å². The predicted molar refractivity (Wildman–Crippen MR) is 88.3 cm³/mol. The van der Waals surface area contributed by atoms with E-state index in [2.05, 4.69) is 60.7 Å². The highest BCUT2D eigenvalue weighted by atomic mass is 14.2. The van der Waals surface area contributed by atoms with Crippen LogP contribution in [0.1, 0.15) is 5.56 Å². The molecule has 4 aromatic carbocycles. The third-order valence-electron chi connectivity index (χ3n) is 4.12. The van der Waals surface area contributed by atoms with Crippen LogP contribution in [0.3, 0.4) is 0 Å². The lowest BCUT2D eigenvalue weighted by atomic mass is 9.91. The van der Waals surface area contributed by atoms with E-state index in [1.807, 2.05) is 12.1 Å². The third kappa shape index (κ3) is 1.77. The van der Waals surface area contributed by atoms with Crippen molar-refractivity contribution in [3.8, 4) is 6.07 Å². The lowest BCUT2D eigenvalue weighted by molar-refractivity contribution is 1.31. The van der Waals surface area contributed by atoms with Gasteiger partial charge in [0.05, 0.1) is 12.5 Å². The Hall–Kier alpha value is -2.85. The van der Waals surface area contributed by atoms with Gasteiger partial charge in [-0.2, -0.15) is 5.26 Å². The van der Waals surface area contributed by atoms with E-state index in [0.717, 1.165) is 5.56 Å². The van der Waals surface area contributed by atoms with E-state index < -0.39 is 0 Å². The summed E-state index contributed by atoms with van der Waals surface area (Å²) in [6.07, 6.45) is 0.436. The summed E-state index contributed by atoms with van der Waals surface area (Å²) in [6, 6.07) is 25.6. The fourth-order valence-corrected chi connectivity index (χ4v) is 3.21. The molecule has 0 N–H and O–H groups in total. The maximum Gasteiger partial charge on any atom is 0.0670 e. The summed E-state index contributed by atoms with van der Waals surface area (Å²) in [4.78, 5) is 0. The highest BCUT2D eigenvalue weighted by Gasteiger charge is 2.10. The van der Waals surface area contributed by atoms with Gasteiger partial charge in [0.2, 0.25) is 0 Å². The van der Waals surface area contributed by atoms with E-state index in [0.29, 0.717) is 6.42 Å². The molecule has 4 aromatic rings. The van der Waals surface area contributed by atoms with Gasteiger partial charge in [-0.05, 0) is 43.9 Å². The predicted octanol–water partition coefficient (Wildman–Crippen LogP) is 5.21. The Bertz CT molecular complexity index is 1020. The quantitative estimate of drug-likeness (QED) is 0.343. The van der Waals surface area contributed by atoms with Crippen LogP contribution in [0.4, 0.5) is 0 Å². The number of nitrogens with zero attached hydrogens (tertiary/aromatic N) is 1. The normalized spacial score (nSPS) is 11.0. The Morgan fingerprint density at radius 1 is 0.714 bits per heavy atom. The molecule has 0 saturated heterocycles. The van der Waals surface area contributed by atoms with Crippen LogP contribution in [-0.4, -0.2) is 0 Å². The zero-order chi connectivity index (χ0) is 14.2. The Morgan fingerprint density at radius 2 is 1.38 bits per heavy atom. The van der Waals surface area contributed by atoms with Crippen LogP contribution in [-0.2, 0) is 6.42 Å². The molecule has 0 atom stereocenters. The summed E-state index contributed by atoms with van der Waals surface area (Å²) < 4.78 is 0. The minimum Gasteiger partial charge on any atom is -0.198 e. The topological polar surface area (TPSA) is 23.8 Å². The van der Waals surface area contributed by atoms with Crippen LogP contribution in [0.15, 0.2) is 66.7 Å². The molecule has 0 aromatic heterocycles. The Kier molecular flexibility index (Phi) is 2.62. The summed E-state index contributed by atoms with van der Waals surface area (Å²) >= 11 is 0. The highest BCUT2D eigenvalue weighted by Crippen LogP contribution is 2.34. The smallest absolute Gasteiger partial charge is 0.0670 e. The summed E-state index contributed by atoms with van der Waals surface area (Å²) in [5, 5.41) is 16.5. The van der Waals surface area contributed by atoms with Crippen molar-refractivity contribution in [1.82, 2.24) is 0 Å². The van der Waals surface area contributed by atoms with Gasteiger partial charge in [0, 0.05) is 0 Å². The molecule has 0 amide bonds. The first kappa shape index (κ1) is 11.9. The van der Waals surface area contributed by atoms with Crippen LogP contribution < -0.4 is 0 Å². The molecular formula is C20H13N. The number of hydrogen-bond acceptors (Lipinski definition) is 1. The number of nitriles is 1. The molecule has 0 saturated carbocycles. The van der Waals surface area contributed by atoms with E-state index in [9.17, 15) is 5.26 Å². The van der Waals surface area contributed by atoms with Crippen LogP contribution >= 0.6 is 0 Å². The minimum absolute atomic E-state index is 0.436. The number of fused-ring (bicyclic) bond motifs is 4. The third-order valence-corrected chi connectivity index (χ3v) is 4.12. The standard InChI is InChI=1S/C20H13N/c21-12-11-19-17-7-3-2-6-15(17)13-16-10-9-14-5-1-4-8-18(14)20(16)19/h1-10,13H,11H2. The van der Waals surface area contributed by atoms with Crippen molar-refractivity contribution < 1.29 is 0 Å². The molecule has 1 nitrogen and oxygen atoms in total. The van der Waals surface area contributed by atoms with Crippen LogP contribution in [0, 0.1) is 11.3 Å². The summed E-state index contributed by atoms with van der Waals surface area (Å²) in [5.41, 5.74) is 1.14. The Balaban J connectivity index is 2.31. The average Bonchev–Trinajstić information content (AvgIpc) is 2.54. The first-order chi connectivity index (χ1) is 10.4. The molecule has 21 heavy (non-hydrogen) atoms. The molecule has 0 radical (unpaired) electrons. The first-order valence-electron chi connectivity index (χ1n) is 7.07. The molecule has 4 rings (SSSR count). The van der Waals surface area contributed by atoms with Gasteiger partial charge in [0.1, 0.15) is 0 Å². The van der Waals surface area contributed by atoms with E-state index in [4.69, 9.17) is 0 Å². The summed E-state index contributed by atoms with van der Waals surface area (Å²) in [6.45, 7) is 0.